The van der Waals surface area contributed by atoms with E-state index in [1.165, 1.54) is 18.9 Å². The molecule has 1 saturated heterocycles. The lowest BCUT2D eigenvalue weighted by Crippen LogP contribution is -2.53. The number of amides is 3. The summed E-state index contributed by atoms with van der Waals surface area (Å²) in [5.41, 5.74) is 0. The topological polar surface area (TPSA) is 99.2 Å². The average molecular weight is 301 g/mol. The SMILES string of the molecule is CC(CN(C)C(=O)NC(C)C(=O)N1CCOCC1)C(=O)O. The summed E-state index contributed by atoms with van der Waals surface area (Å²) in [5.74, 6) is -1.79. The minimum absolute atomic E-state index is 0.0830. The smallest absolute Gasteiger partial charge is 0.317 e. The maximum atomic E-state index is 12.1. The Morgan fingerprint density at radius 2 is 1.86 bits per heavy atom. The van der Waals surface area contributed by atoms with Crippen LogP contribution in [0.2, 0.25) is 0 Å². The first-order valence-electron chi connectivity index (χ1n) is 6.94. The third-order valence-electron chi connectivity index (χ3n) is 3.35. The lowest BCUT2D eigenvalue weighted by Gasteiger charge is -2.30. The number of aliphatic carboxylic acids is 1. The van der Waals surface area contributed by atoms with E-state index in [4.69, 9.17) is 9.84 Å². The van der Waals surface area contributed by atoms with Crippen molar-refractivity contribution in [2.24, 2.45) is 5.92 Å². The Morgan fingerprint density at radius 3 is 2.38 bits per heavy atom. The zero-order valence-electron chi connectivity index (χ0n) is 12.7. The predicted molar refractivity (Wildman–Crippen MR) is 74.8 cm³/mol. The first-order chi connectivity index (χ1) is 9.82. The Kier molecular flexibility index (Phi) is 6.41. The van der Waals surface area contributed by atoms with E-state index in [9.17, 15) is 14.4 Å². The Labute approximate surface area is 124 Å². The van der Waals surface area contributed by atoms with Gasteiger partial charge in [-0.3, -0.25) is 9.59 Å². The first-order valence-corrected chi connectivity index (χ1v) is 6.94. The molecule has 1 aliphatic rings. The third-order valence-corrected chi connectivity index (χ3v) is 3.35. The van der Waals surface area contributed by atoms with Gasteiger partial charge in [-0.05, 0) is 6.92 Å². The molecule has 0 aromatic heterocycles. The number of carboxylic acids is 1. The number of carboxylic acid groups (broad SMARTS) is 1. The number of nitrogens with one attached hydrogen (secondary N) is 1. The minimum Gasteiger partial charge on any atom is -0.481 e. The maximum absolute atomic E-state index is 12.1. The monoisotopic (exact) mass is 301 g/mol. The molecule has 8 nitrogen and oxygen atoms in total. The van der Waals surface area contributed by atoms with Crippen LogP contribution in [-0.4, -0.2) is 78.8 Å². The number of carbonyl (C=O) groups is 3. The van der Waals surface area contributed by atoms with E-state index in [2.05, 4.69) is 5.32 Å². The second kappa shape index (κ2) is 7.82. The van der Waals surface area contributed by atoms with Crippen molar-refractivity contribution in [1.82, 2.24) is 15.1 Å². The van der Waals surface area contributed by atoms with Crippen molar-refractivity contribution in [3.05, 3.63) is 0 Å². The summed E-state index contributed by atoms with van der Waals surface area (Å²) in [6.07, 6.45) is 0. The third kappa shape index (κ3) is 5.22. The summed E-state index contributed by atoms with van der Waals surface area (Å²) in [6, 6.07) is -1.12. The van der Waals surface area contributed by atoms with Crippen LogP contribution in [0.25, 0.3) is 0 Å². The number of nitrogens with zero attached hydrogens (tertiary/aromatic N) is 2. The minimum atomic E-state index is -0.966. The highest BCUT2D eigenvalue weighted by Gasteiger charge is 2.25. The van der Waals surface area contributed by atoms with E-state index >= 15 is 0 Å². The Bertz CT molecular complexity index is 395. The summed E-state index contributed by atoms with van der Waals surface area (Å²) in [6.45, 7) is 5.26. The van der Waals surface area contributed by atoms with Crippen molar-refractivity contribution in [3.63, 3.8) is 0 Å². The molecule has 1 aliphatic heterocycles. The fourth-order valence-electron chi connectivity index (χ4n) is 1.99. The van der Waals surface area contributed by atoms with Crippen LogP contribution in [0.5, 0.6) is 0 Å². The van der Waals surface area contributed by atoms with Gasteiger partial charge in [-0.25, -0.2) is 4.79 Å². The molecule has 1 rings (SSSR count). The molecule has 21 heavy (non-hydrogen) atoms. The summed E-state index contributed by atoms with van der Waals surface area (Å²) < 4.78 is 5.17. The zero-order valence-corrected chi connectivity index (χ0v) is 12.7. The lowest BCUT2D eigenvalue weighted by molar-refractivity contribution is -0.141. The number of carbonyl (C=O) groups excluding carboxylic acids is 2. The molecule has 3 amide bonds. The molecule has 1 fully saturated rings. The highest BCUT2D eigenvalue weighted by atomic mass is 16.5. The Hall–Kier alpha value is -1.83. The predicted octanol–water partition coefficient (Wildman–Crippen LogP) is -0.404. The molecule has 0 spiro atoms. The van der Waals surface area contributed by atoms with E-state index in [0.29, 0.717) is 26.3 Å². The summed E-state index contributed by atoms with van der Waals surface area (Å²) >= 11 is 0. The van der Waals surface area contributed by atoms with E-state index < -0.39 is 24.0 Å². The molecule has 2 atom stereocenters. The van der Waals surface area contributed by atoms with Crippen LogP contribution in [0.15, 0.2) is 0 Å². The highest BCUT2D eigenvalue weighted by Crippen LogP contribution is 2.02. The standard InChI is InChI=1S/C13H23N3O5/c1-9(12(18)19)8-15(3)13(20)14-10(2)11(17)16-4-6-21-7-5-16/h9-10H,4-8H2,1-3H3,(H,14,20)(H,18,19). The zero-order chi connectivity index (χ0) is 16.0. The van der Waals surface area contributed by atoms with Gasteiger partial charge in [0.1, 0.15) is 6.04 Å². The van der Waals surface area contributed by atoms with Crippen molar-refractivity contribution < 1.29 is 24.2 Å². The number of urea groups is 1. The van der Waals surface area contributed by atoms with E-state index in [0.717, 1.165) is 0 Å². The first kappa shape index (κ1) is 17.2. The van der Waals surface area contributed by atoms with Crippen molar-refractivity contribution in [2.45, 2.75) is 19.9 Å². The van der Waals surface area contributed by atoms with Gasteiger partial charge in [-0.2, -0.15) is 0 Å². The molecule has 120 valence electrons. The summed E-state index contributed by atoms with van der Waals surface area (Å²) in [7, 11) is 1.50. The van der Waals surface area contributed by atoms with Crippen LogP contribution >= 0.6 is 0 Å². The quantitative estimate of drug-likeness (QED) is 0.719. The molecule has 0 radical (unpaired) electrons. The fourth-order valence-corrected chi connectivity index (χ4v) is 1.99. The fraction of sp³-hybridized carbons (Fsp3) is 0.769. The van der Waals surface area contributed by atoms with Crippen LogP contribution in [0, 0.1) is 5.92 Å². The number of hydrogen-bond acceptors (Lipinski definition) is 4. The molecule has 2 unspecified atom stereocenters. The number of morpholine rings is 1. The number of hydrogen-bond donors (Lipinski definition) is 2. The Morgan fingerprint density at radius 1 is 1.29 bits per heavy atom. The molecule has 0 aromatic rings. The second-order valence-corrected chi connectivity index (χ2v) is 5.23. The normalized spacial score (nSPS) is 17.8. The highest BCUT2D eigenvalue weighted by molar-refractivity contribution is 5.86. The summed E-state index contributed by atoms with van der Waals surface area (Å²) in [4.78, 5) is 37.7. The van der Waals surface area contributed by atoms with Gasteiger partial charge in [0.15, 0.2) is 0 Å². The lowest BCUT2D eigenvalue weighted by atomic mass is 10.2. The van der Waals surface area contributed by atoms with Gasteiger partial charge in [0.05, 0.1) is 19.1 Å². The van der Waals surface area contributed by atoms with Gasteiger partial charge in [-0.15, -0.1) is 0 Å². The summed E-state index contributed by atoms with van der Waals surface area (Å²) in [5, 5.41) is 11.4. The number of ether oxygens (including phenoxy) is 1. The van der Waals surface area contributed by atoms with E-state index in [1.54, 1.807) is 11.8 Å². The molecule has 2 N–H and O–H groups in total. The van der Waals surface area contributed by atoms with Crippen molar-refractivity contribution >= 4 is 17.9 Å². The molecule has 0 bridgehead atoms. The molecule has 8 heteroatoms. The maximum Gasteiger partial charge on any atom is 0.317 e. The van der Waals surface area contributed by atoms with Gasteiger partial charge in [-0.1, -0.05) is 6.92 Å². The second-order valence-electron chi connectivity index (χ2n) is 5.23. The largest absolute Gasteiger partial charge is 0.481 e. The molecular weight excluding hydrogens is 278 g/mol. The van der Waals surface area contributed by atoms with Gasteiger partial charge in [0.25, 0.3) is 0 Å². The molecule has 1 heterocycles. The van der Waals surface area contributed by atoms with Gasteiger partial charge in [0, 0.05) is 26.7 Å². The number of rotatable bonds is 5. The van der Waals surface area contributed by atoms with Crippen LogP contribution in [-0.2, 0) is 14.3 Å². The Balaban J connectivity index is 2.45. The molecule has 0 aliphatic carbocycles. The van der Waals surface area contributed by atoms with E-state index in [1.807, 2.05) is 0 Å². The van der Waals surface area contributed by atoms with Crippen LogP contribution < -0.4 is 5.32 Å². The average Bonchev–Trinajstić information content (AvgIpc) is 2.46. The van der Waals surface area contributed by atoms with Crippen LogP contribution in [0.3, 0.4) is 0 Å². The van der Waals surface area contributed by atoms with Crippen molar-refractivity contribution in [3.8, 4) is 0 Å². The molecular formula is C13H23N3O5. The van der Waals surface area contributed by atoms with Gasteiger partial charge >= 0.3 is 12.0 Å². The molecule has 0 aromatic carbocycles. The van der Waals surface area contributed by atoms with Gasteiger partial charge < -0.3 is 25.0 Å². The van der Waals surface area contributed by atoms with Crippen LogP contribution in [0.1, 0.15) is 13.8 Å². The van der Waals surface area contributed by atoms with Crippen molar-refractivity contribution in [2.75, 3.05) is 39.9 Å². The molecule has 0 saturated carbocycles. The van der Waals surface area contributed by atoms with Gasteiger partial charge in [0.2, 0.25) is 5.91 Å². The van der Waals surface area contributed by atoms with E-state index in [-0.39, 0.29) is 12.5 Å². The van der Waals surface area contributed by atoms with Crippen LogP contribution in [0.4, 0.5) is 4.79 Å². The van der Waals surface area contributed by atoms with Crippen molar-refractivity contribution in [1.29, 1.82) is 0 Å².